The van der Waals surface area contributed by atoms with Crippen molar-refractivity contribution in [1.82, 2.24) is 4.98 Å². The summed E-state index contributed by atoms with van der Waals surface area (Å²) in [4.78, 5) is 4.21. The molecule has 0 bridgehead atoms. The smallest absolute Gasteiger partial charge is 0.179 e. The monoisotopic (exact) mass is 291 g/mol. The second-order valence-corrected chi connectivity index (χ2v) is 4.98. The van der Waals surface area contributed by atoms with Gasteiger partial charge in [-0.05, 0) is 29.8 Å². The van der Waals surface area contributed by atoms with E-state index in [0.717, 1.165) is 5.69 Å². The van der Waals surface area contributed by atoms with Crippen molar-refractivity contribution in [3.05, 3.63) is 52.8 Å². The molecule has 4 nitrogen and oxygen atoms in total. The number of fused-ring (bicyclic) bond motifs is 1. The van der Waals surface area contributed by atoms with Gasteiger partial charge in [0.2, 0.25) is 0 Å². The van der Waals surface area contributed by atoms with Gasteiger partial charge in [-0.25, -0.2) is 0 Å². The Kier molecular flexibility index (Phi) is 3.76. The number of aromatic nitrogens is 1. The number of aliphatic hydroxyl groups excluding tert-OH is 1. The number of nitrogens with zero attached hydrogens (tertiary/aromatic N) is 1. The van der Waals surface area contributed by atoms with Crippen LogP contribution < -0.4 is 9.47 Å². The summed E-state index contributed by atoms with van der Waals surface area (Å²) in [7, 11) is 0. The number of rotatable bonds is 3. The number of halogens is 1. The van der Waals surface area contributed by atoms with Gasteiger partial charge in [0.1, 0.15) is 13.2 Å². The first kappa shape index (κ1) is 13.2. The average Bonchev–Trinajstić information content (AvgIpc) is 2.48. The second-order valence-electron chi connectivity index (χ2n) is 4.57. The Morgan fingerprint density at radius 2 is 2.10 bits per heavy atom. The summed E-state index contributed by atoms with van der Waals surface area (Å²) in [6.45, 7) is 0.978. The molecule has 0 amide bonds. The van der Waals surface area contributed by atoms with Crippen LogP contribution in [0.3, 0.4) is 0 Å². The lowest BCUT2D eigenvalue weighted by molar-refractivity contribution is 0.164. The fourth-order valence-corrected chi connectivity index (χ4v) is 2.43. The molecule has 1 N–H and O–H groups in total. The Hall–Kier alpha value is -1.78. The van der Waals surface area contributed by atoms with Crippen molar-refractivity contribution < 1.29 is 14.6 Å². The molecule has 0 radical (unpaired) electrons. The van der Waals surface area contributed by atoms with E-state index in [0.29, 0.717) is 41.7 Å². The van der Waals surface area contributed by atoms with E-state index < -0.39 is 6.10 Å². The zero-order valence-electron chi connectivity index (χ0n) is 10.8. The van der Waals surface area contributed by atoms with E-state index in [-0.39, 0.29) is 0 Å². The SMILES string of the molecule is OC(Cc1ccccn1)c1cc(Cl)c2c(c1)OCCO2. The molecule has 1 atom stereocenters. The Bertz CT molecular complexity index is 604. The van der Waals surface area contributed by atoms with Crippen molar-refractivity contribution in [3.8, 4) is 11.5 Å². The molecule has 0 saturated heterocycles. The van der Waals surface area contributed by atoms with Crippen LogP contribution in [0.15, 0.2) is 36.5 Å². The molecule has 0 fully saturated rings. The molecule has 1 aliphatic rings. The largest absolute Gasteiger partial charge is 0.486 e. The van der Waals surface area contributed by atoms with Gasteiger partial charge >= 0.3 is 0 Å². The van der Waals surface area contributed by atoms with Gasteiger partial charge < -0.3 is 14.6 Å². The molecule has 2 heterocycles. The zero-order chi connectivity index (χ0) is 13.9. The molecule has 1 unspecified atom stereocenters. The molecule has 20 heavy (non-hydrogen) atoms. The maximum absolute atomic E-state index is 10.3. The van der Waals surface area contributed by atoms with E-state index >= 15 is 0 Å². The first-order valence-electron chi connectivity index (χ1n) is 6.41. The van der Waals surface area contributed by atoms with E-state index in [9.17, 15) is 5.11 Å². The third-order valence-electron chi connectivity index (χ3n) is 3.13. The minimum Gasteiger partial charge on any atom is -0.486 e. The first-order valence-corrected chi connectivity index (χ1v) is 6.79. The summed E-state index contributed by atoms with van der Waals surface area (Å²) in [5.41, 5.74) is 1.52. The van der Waals surface area contributed by atoms with Gasteiger partial charge in [0, 0.05) is 18.3 Å². The first-order chi connectivity index (χ1) is 9.74. The molecule has 104 valence electrons. The average molecular weight is 292 g/mol. The van der Waals surface area contributed by atoms with Crippen molar-refractivity contribution in [1.29, 1.82) is 0 Å². The van der Waals surface area contributed by atoms with Gasteiger partial charge in [-0.1, -0.05) is 17.7 Å². The topological polar surface area (TPSA) is 51.6 Å². The summed E-state index contributed by atoms with van der Waals surface area (Å²) in [6.07, 6.45) is 1.45. The van der Waals surface area contributed by atoms with Gasteiger partial charge in [0.05, 0.1) is 11.1 Å². The van der Waals surface area contributed by atoms with Crippen LogP contribution in [0, 0.1) is 0 Å². The number of hydrogen-bond acceptors (Lipinski definition) is 4. The van der Waals surface area contributed by atoms with Crippen molar-refractivity contribution in [2.45, 2.75) is 12.5 Å². The fourth-order valence-electron chi connectivity index (χ4n) is 2.16. The van der Waals surface area contributed by atoms with Gasteiger partial charge in [0.15, 0.2) is 11.5 Å². The van der Waals surface area contributed by atoms with Crippen LogP contribution in [0.1, 0.15) is 17.4 Å². The van der Waals surface area contributed by atoms with Gasteiger partial charge in [-0.3, -0.25) is 4.98 Å². The van der Waals surface area contributed by atoms with Crippen LogP contribution in [-0.2, 0) is 6.42 Å². The Labute approximate surface area is 121 Å². The summed E-state index contributed by atoms with van der Waals surface area (Å²) in [5.74, 6) is 1.13. The molecular weight excluding hydrogens is 278 g/mol. The van der Waals surface area contributed by atoms with Gasteiger partial charge in [0.25, 0.3) is 0 Å². The predicted molar refractivity (Wildman–Crippen MR) is 75.3 cm³/mol. The molecule has 1 aromatic heterocycles. The van der Waals surface area contributed by atoms with Crippen molar-refractivity contribution in [2.75, 3.05) is 13.2 Å². The standard InChI is InChI=1S/C15H14ClNO3/c16-12-7-10(8-14-15(12)20-6-5-19-14)13(18)9-11-3-1-2-4-17-11/h1-4,7-8,13,18H,5-6,9H2. The highest BCUT2D eigenvalue weighted by molar-refractivity contribution is 6.32. The molecule has 2 aromatic rings. The highest BCUT2D eigenvalue weighted by atomic mass is 35.5. The van der Waals surface area contributed by atoms with Crippen molar-refractivity contribution >= 4 is 11.6 Å². The zero-order valence-corrected chi connectivity index (χ0v) is 11.5. The number of aliphatic hydroxyl groups is 1. The van der Waals surface area contributed by atoms with Gasteiger partial charge in [-0.2, -0.15) is 0 Å². The predicted octanol–water partition coefficient (Wildman–Crippen LogP) is 2.78. The van der Waals surface area contributed by atoms with Crippen LogP contribution in [0.5, 0.6) is 11.5 Å². The summed E-state index contributed by atoms with van der Waals surface area (Å²) in [5, 5.41) is 10.8. The third kappa shape index (κ3) is 2.71. The number of benzene rings is 1. The second kappa shape index (κ2) is 5.69. The molecule has 0 aliphatic carbocycles. The van der Waals surface area contributed by atoms with E-state index in [2.05, 4.69) is 4.98 Å². The lowest BCUT2D eigenvalue weighted by Gasteiger charge is -2.21. The molecular formula is C15H14ClNO3. The quantitative estimate of drug-likeness (QED) is 0.945. The van der Waals surface area contributed by atoms with Crippen molar-refractivity contribution in [3.63, 3.8) is 0 Å². The minimum atomic E-state index is -0.682. The van der Waals surface area contributed by atoms with E-state index in [4.69, 9.17) is 21.1 Å². The third-order valence-corrected chi connectivity index (χ3v) is 3.41. The van der Waals surface area contributed by atoms with Crippen LogP contribution in [0.4, 0.5) is 0 Å². The van der Waals surface area contributed by atoms with Gasteiger partial charge in [-0.15, -0.1) is 0 Å². The van der Waals surface area contributed by atoms with E-state index in [1.807, 2.05) is 18.2 Å². The van der Waals surface area contributed by atoms with Crippen molar-refractivity contribution in [2.24, 2.45) is 0 Å². The molecule has 1 aromatic carbocycles. The Morgan fingerprint density at radius 3 is 2.90 bits per heavy atom. The Balaban J connectivity index is 1.85. The van der Waals surface area contributed by atoms with Crippen LogP contribution in [-0.4, -0.2) is 23.3 Å². The molecule has 1 aliphatic heterocycles. The number of pyridine rings is 1. The summed E-state index contributed by atoms with van der Waals surface area (Å²) in [6, 6.07) is 9.10. The van der Waals surface area contributed by atoms with E-state index in [1.54, 1.807) is 18.3 Å². The lowest BCUT2D eigenvalue weighted by atomic mass is 10.0. The Morgan fingerprint density at radius 1 is 1.25 bits per heavy atom. The molecule has 5 heteroatoms. The van der Waals surface area contributed by atoms with Crippen LogP contribution in [0.25, 0.3) is 0 Å². The maximum atomic E-state index is 10.3. The minimum absolute atomic E-state index is 0.427. The van der Waals surface area contributed by atoms with E-state index in [1.165, 1.54) is 0 Å². The highest BCUT2D eigenvalue weighted by Gasteiger charge is 2.19. The normalized spacial score (nSPS) is 14.9. The van der Waals surface area contributed by atoms with Crippen LogP contribution in [0.2, 0.25) is 5.02 Å². The molecule has 0 saturated carbocycles. The number of ether oxygens (including phenoxy) is 2. The summed E-state index contributed by atoms with van der Waals surface area (Å²) >= 11 is 6.16. The lowest BCUT2D eigenvalue weighted by Crippen LogP contribution is -2.16. The fraction of sp³-hybridized carbons (Fsp3) is 0.267. The number of hydrogen-bond donors (Lipinski definition) is 1. The molecule has 0 spiro atoms. The van der Waals surface area contributed by atoms with Crippen LogP contribution >= 0.6 is 11.6 Å². The molecule has 3 rings (SSSR count). The highest BCUT2D eigenvalue weighted by Crippen LogP contribution is 2.40. The maximum Gasteiger partial charge on any atom is 0.179 e. The summed E-state index contributed by atoms with van der Waals surface area (Å²) < 4.78 is 11.0.